The number of primary amides is 1. The van der Waals surface area contributed by atoms with Crippen LogP contribution in [0.5, 0.6) is 0 Å². The third kappa shape index (κ3) is 10.8. The van der Waals surface area contributed by atoms with Gasteiger partial charge in [0.1, 0.15) is 12.1 Å². The topological polar surface area (TPSA) is 228 Å². The van der Waals surface area contributed by atoms with Gasteiger partial charge in [0.05, 0.1) is 12.5 Å². The zero-order valence-corrected chi connectivity index (χ0v) is 14.8. The van der Waals surface area contributed by atoms with Gasteiger partial charge in [0.15, 0.2) is 0 Å². The van der Waals surface area contributed by atoms with Crippen molar-refractivity contribution in [1.29, 1.82) is 0 Å². The fraction of sp³-hybridized carbons (Fsp3) is 0.667. The van der Waals surface area contributed by atoms with Gasteiger partial charge in [-0.25, -0.2) is 4.79 Å². The fourth-order valence-corrected chi connectivity index (χ4v) is 2.15. The molecule has 0 saturated carbocycles. The van der Waals surface area contributed by atoms with Gasteiger partial charge in [-0.1, -0.05) is 0 Å². The molecule has 0 aromatic heterocycles. The third-order valence-corrected chi connectivity index (χ3v) is 3.60. The van der Waals surface area contributed by atoms with Gasteiger partial charge >= 0.3 is 11.9 Å². The minimum Gasteiger partial charge on any atom is -0.481 e. The number of carbonyl (C=O) groups excluding carboxylic acids is 3. The molecule has 0 saturated heterocycles. The van der Waals surface area contributed by atoms with Crippen molar-refractivity contribution in [3.63, 3.8) is 0 Å². The van der Waals surface area contributed by atoms with Crippen molar-refractivity contribution >= 4 is 29.7 Å². The van der Waals surface area contributed by atoms with Crippen LogP contribution in [0.3, 0.4) is 0 Å². The maximum atomic E-state index is 12.3. The number of carbonyl (C=O) groups is 5. The van der Waals surface area contributed by atoms with E-state index in [0.29, 0.717) is 19.4 Å². The number of unbranched alkanes of at least 4 members (excludes halogenated alkanes) is 1. The number of carboxylic acid groups (broad SMARTS) is 2. The second kappa shape index (κ2) is 12.6. The molecular weight excluding hydrogens is 362 g/mol. The molecule has 12 heteroatoms. The summed E-state index contributed by atoms with van der Waals surface area (Å²) in [6, 6.07) is -3.86. The first-order chi connectivity index (χ1) is 12.6. The van der Waals surface area contributed by atoms with Gasteiger partial charge in [-0.2, -0.15) is 0 Å². The minimum absolute atomic E-state index is 0.124. The van der Waals surface area contributed by atoms with E-state index in [1.165, 1.54) is 0 Å². The molecule has 154 valence electrons. The van der Waals surface area contributed by atoms with Crippen LogP contribution in [0.1, 0.15) is 38.5 Å². The molecule has 0 spiro atoms. The molecule has 0 heterocycles. The lowest BCUT2D eigenvalue weighted by Gasteiger charge is -2.22. The van der Waals surface area contributed by atoms with Gasteiger partial charge in [-0.05, 0) is 32.2 Å². The van der Waals surface area contributed by atoms with Gasteiger partial charge in [0.25, 0.3) is 0 Å². The standard InChI is InChI=1S/C15H27N5O7/c16-6-2-1-3-10(15(26)27)20-14(25)9(4-5-12(22)23)19-13(24)8(17)7-11(18)21/h8-10H,1-7,16-17H2,(H2,18,21)(H,19,24)(H,20,25)(H,22,23)(H,26,27). The van der Waals surface area contributed by atoms with Crippen LogP contribution in [0.2, 0.25) is 0 Å². The smallest absolute Gasteiger partial charge is 0.326 e. The van der Waals surface area contributed by atoms with Gasteiger partial charge in [-0.3, -0.25) is 19.2 Å². The Morgan fingerprint density at radius 3 is 1.96 bits per heavy atom. The zero-order valence-electron chi connectivity index (χ0n) is 14.8. The SMILES string of the molecule is NCCCCC(NC(=O)C(CCC(=O)O)NC(=O)C(N)CC(N)=O)C(=O)O. The van der Waals surface area contributed by atoms with Crippen LogP contribution in [-0.2, 0) is 24.0 Å². The lowest BCUT2D eigenvalue weighted by Crippen LogP contribution is -2.55. The summed E-state index contributed by atoms with van der Waals surface area (Å²) in [6.07, 6.45) is -0.0428. The Balaban J connectivity index is 5.04. The van der Waals surface area contributed by atoms with Crippen molar-refractivity contribution in [2.45, 2.75) is 56.7 Å². The van der Waals surface area contributed by atoms with Crippen LogP contribution in [-0.4, -0.2) is 64.5 Å². The first kappa shape index (κ1) is 24.3. The van der Waals surface area contributed by atoms with E-state index in [-0.39, 0.29) is 12.8 Å². The second-order valence-electron chi connectivity index (χ2n) is 5.95. The number of aliphatic carboxylic acids is 2. The van der Waals surface area contributed by atoms with E-state index < -0.39 is 60.6 Å². The summed E-state index contributed by atoms with van der Waals surface area (Å²) in [5, 5.41) is 22.5. The molecule has 0 aromatic rings. The molecule has 0 radical (unpaired) electrons. The highest BCUT2D eigenvalue weighted by Gasteiger charge is 2.28. The summed E-state index contributed by atoms with van der Waals surface area (Å²) in [6.45, 7) is 0.370. The molecule has 3 atom stereocenters. The number of amides is 3. The van der Waals surface area contributed by atoms with Crippen molar-refractivity contribution in [2.24, 2.45) is 17.2 Å². The number of hydrogen-bond acceptors (Lipinski definition) is 7. The van der Waals surface area contributed by atoms with Crippen LogP contribution < -0.4 is 27.8 Å². The number of hydrogen-bond donors (Lipinski definition) is 7. The minimum atomic E-state index is -1.33. The van der Waals surface area contributed by atoms with Crippen molar-refractivity contribution in [1.82, 2.24) is 10.6 Å². The van der Waals surface area contributed by atoms with Gasteiger partial charge in [0.2, 0.25) is 17.7 Å². The van der Waals surface area contributed by atoms with E-state index in [1.807, 2.05) is 0 Å². The maximum absolute atomic E-state index is 12.3. The Hall–Kier alpha value is -2.73. The molecule has 10 N–H and O–H groups in total. The molecule has 0 fully saturated rings. The van der Waals surface area contributed by atoms with E-state index >= 15 is 0 Å². The second-order valence-corrected chi connectivity index (χ2v) is 5.95. The van der Waals surface area contributed by atoms with Crippen LogP contribution in [0.4, 0.5) is 0 Å². The average Bonchev–Trinajstić information content (AvgIpc) is 2.56. The van der Waals surface area contributed by atoms with Crippen LogP contribution >= 0.6 is 0 Å². The Morgan fingerprint density at radius 1 is 0.889 bits per heavy atom. The highest BCUT2D eigenvalue weighted by Crippen LogP contribution is 2.05. The highest BCUT2D eigenvalue weighted by molar-refractivity contribution is 5.93. The Labute approximate surface area is 155 Å². The van der Waals surface area contributed by atoms with Crippen LogP contribution in [0, 0.1) is 0 Å². The lowest BCUT2D eigenvalue weighted by atomic mass is 10.1. The average molecular weight is 389 g/mol. The summed E-state index contributed by atoms with van der Waals surface area (Å²) in [5.41, 5.74) is 15.8. The van der Waals surface area contributed by atoms with Crippen molar-refractivity contribution in [3.05, 3.63) is 0 Å². The van der Waals surface area contributed by atoms with Crippen LogP contribution in [0.15, 0.2) is 0 Å². The molecular formula is C15H27N5O7. The van der Waals surface area contributed by atoms with E-state index in [9.17, 15) is 29.1 Å². The molecule has 3 amide bonds. The largest absolute Gasteiger partial charge is 0.481 e. The molecule has 27 heavy (non-hydrogen) atoms. The predicted octanol–water partition coefficient (Wildman–Crippen LogP) is -2.76. The first-order valence-corrected chi connectivity index (χ1v) is 8.37. The van der Waals surface area contributed by atoms with Gasteiger partial charge < -0.3 is 38.0 Å². The molecule has 0 aromatic carbocycles. The monoisotopic (exact) mass is 389 g/mol. The highest BCUT2D eigenvalue weighted by atomic mass is 16.4. The predicted molar refractivity (Wildman–Crippen MR) is 93.1 cm³/mol. The lowest BCUT2D eigenvalue weighted by molar-refractivity contribution is -0.143. The first-order valence-electron chi connectivity index (χ1n) is 8.37. The summed E-state index contributed by atoms with van der Waals surface area (Å²) in [5.74, 6) is -5.05. The van der Waals surface area contributed by atoms with Gasteiger partial charge in [-0.15, -0.1) is 0 Å². The molecule has 3 unspecified atom stereocenters. The van der Waals surface area contributed by atoms with Crippen molar-refractivity contribution in [3.8, 4) is 0 Å². The summed E-state index contributed by atoms with van der Waals surface area (Å²) in [7, 11) is 0. The van der Waals surface area contributed by atoms with Crippen LogP contribution in [0.25, 0.3) is 0 Å². The summed E-state index contributed by atoms with van der Waals surface area (Å²) in [4.78, 5) is 57.2. The Morgan fingerprint density at radius 2 is 1.48 bits per heavy atom. The molecule has 0 aliphatic rings. The zero-order chi connectivity index (χ0) is 21.0. The fourth-order valence-electron chi connectivity index (χ4n) is 2.15. The Kier molecular flexibility index (Phi) is 11.3. The third-order valence-electron chi connectivity index (χ3n) is 3.60. The molecule has 0 aliphatic carbocycles. The van der Waals surface area contributed by atoms with E-state index in [4.69, 9.17) is 22.3 Å². The van der Waals surface area contributed by atoms with Crippen molar-refractivity contribution < 1.29 is 34.2 Å². The number of carboxylic acids is 2. The molecule has 0 bridgehead atoms. The van der Waals surface area contributed by atoms with Gasteiger partial charge in [0, 0.05) is 6.42 Å². The number of rotatable bonds is 14. The normalized spacial score (nSPS) is 13.9. The van der Waals surface area contributed by atoms with E-state index in [1.54, 1.807) is 0 Å². The molecule has 0 aliphatic heterocycles. The number of nitrogens with two attached hydrogens (primary N) is 3. The number of nitrogens with one attached hydrogen (secondary N) is 2. The maximum Gasteiger partial charge on any atom is 0.326 e. The molecule has 0 rings (SSSR count). The summed E-state index contributed by atoms with van der Waals surface area (Å²) >= 11 is 0. The summed E-state index contributed by atoms with van der Waals surface area (Å²) < 4.78 is 0. The Bertz CT molecular complexity index is 555. The van der Waals surface area contributed by atoms with E-state index in [0.717, 1.165) is 0 Å². The quantitative estimate of drug-likeness (QED) is 0.152. The molecule has 12 nitrogen and oxygen atoms in total. The van der Waals surface area contributed by atoms with Crippen molar-refractivity contribution in [2.75, 3.05) is 6.54 Å². The van der Waals surface area contributed by atoms with E-state index in [2.05, 4.69) is 10.6 Å².